The van der Waals surface area contributed by atoms with E-state index in [1.165, 1.54) is 25.3 Å². The van der Waals surface area contributed by atoms with Crippen molar-refractivity contribution in [1.82, 2.24) is 14.7 Å². The fourth-order valence-corrected chi connectivity index (χ4v) is 4.99. The molecule has 0 unspecified atom stereocenters. The molecule has 18 heteroatoms. The summed E-state index contributed by atoms with van der Waals surface area (Å²) in [6.07, 6.45) is -2.30. The number of anilines is 3. The third-order valence-electron chi connectivity index (χ3n) is 7.20. The van der Waals surface area contributed by atoms with Crippen LogP contribution in [0.5, 0.6) is 11.6 Å². The van der Waals surface area contributed by atoms with E-state index in [0.717, 1.165) is 17.0 Å². The van der Waals surface area contributed by atoms with Crippen molar-refractivity contribution in [3.05, 3.63) is 85.4 Å². The summed E-state index contributed by atoms with van der Waals surface area (Å²) in [5.41, 5.74) is 6.06. The van der Waals surface area contributed by atoms with E-state index in [-0.39, 0.29) is 27.8 Å². The number of ether oxygens (including phenoxy) is 2. The predicted molar refractivity (Wildman–Crippen MR) is 178 cm³/mol. The predicted octanol–water partition coefficient (Wildman–Crippen LogP) is -0.539. The van der Waals surface area contributed by atoms with Gasteiger partial charge in [-0.25, -0.2) is 4.99 Å². The first-order valence-corrected chi connectivity index (χ1v) is 14.6. The molecular weight excluding hydrogens is 644 g/mol. The maximum atomic E-state index is 12.3. The van der Waals surface area contributed by atoms with Gasteiger partial charge in [0.15, 0.2) is 5.84 Å². The molecule has 1 aromatic heterocycles. The van der Waals surface area contributed by atoms with Gasteiger partial charge in [0, 0.05) is 24.7 Å². The molecule has 1 aliphatic rings. The number of hydrogen-bond donors (Lipinski definition) is 10. The lowest BCUT2D eigenvalue weighted by Crippen LogP contribution is -2.56. The first-order chi connectivity index (χ1) is 23.3. The standard InChI is InChI=1S/C31H38N8O10/c1-4-25(40)35-20-16-21(23(48-3)17-22(20)37-12-14-49-15-13-37)33-18(2)34-24(10-11-32)39-28(41)26(27(36-39)19-8-6-5-7-9-19)31(46,47)38(29(42)43)30(44)45/h4-11,16-17,29-30,33,41-47H,1-2,12-15,32H2,3H3,(H,35,40)/b11-10-,34-24+. The molecule has 0 atom stereocenters. The number of morpholine rings is 1. The van der Waals surface area contributed by atoms with Crippen molar-refractivity contribution in [2.75, 3.05) is 48.9 Å². The number of nitrogens with two attached hydrogens (primary N) is 1. The summed E-state index contributed by atoms with van der Waals surface area (Å²) in [6.45, 7) is 9.52. The van der Waals surface area contributed by atoms with Gasteiger partial charge in [0.05, 0.1) is 37.4 Å². The normalized spacial score (nSPS) is 14.2. The summed E-state index contributed by atoms with van der Waals surface area (Å²) >= 11 is 0. The minimum Gasteiger partial charge on any atom is -0.494 e. The Morgan fingerprint density at radius 1 is 1.12 bits per heavy atom. The molecule has 1 aliphatic heterocycles. The van der Waals surface area contributed by atoms with Crippen molar-refractivity contribution < 1.29 is 50.0 Å². The molecule has 49 heavy (non-hydrogen) atoms. The van der Waals surface area contributed by atoms with Crippen LogP contribution < -0.4 is 26.0 Å². The number of carbonyl (C=O) groups is 1. The molecule has 4 rings (SSSR count). The van der Waals surface area contributed by atoms with Gasteiger partial charge in [-0.15, -0.1) is 4.90 Å². The highest BCUT2D eigenvalue weighted by atomic mass is 16.6. The molecular formula is C31H38N8O10. The van der Waals surface area contributed by atoms with Crippen molar-refractivity contribution in [3.63, 3.8) is 0 Å². The van der Waals surface area contributed by atoms with Gasteiger partial charge in [0.1, 0.15) is 22.8 Å². The maximum Gasteiger partial charge on any atom is 0.268 e. The highest BCUT2D eigenvalue weighted by molar-refractivity contribution is 6.02. The van der Waals surface area contributed by atoms with Gasteiger partial charge >= 0.3 is 0 Å². The van der Waals surface area contributed by atoms with Crippen LogP contribution in [0.4, 0.5) is 17.1 Å². The summed E-state index contributed by atoms with van der Waals surface area (Å²) < 4.78 is 11.8. The molecule has 18 nitrogen and oxygen atoms in total. The Morgan fingerprint density at radius 2 is 1.78 bits per heavy atom. The third kappa shape index (κ3) is 8.05. The van der Waals surface area contributed by atoms with E-state index < -0.39 is 36.1 Å². The Bertz CT molecular complexity index is 1710. The van der Waals surface area contributed by atoms with Gasteiger partial charge in [-0.2, -0.15) is 9.78 Å². The minimum absolute atomic E-state index is 0.0818. The molecule has 1 amide bonds. The molecule has 1 saturated heterocycles. The van der Waals surface area contributed by atoms with E-state index in [4.69, 9.17) is 15.2 Å². The van der Waals surface area contributed by atoms with Gasteiger partial charge in [0.25, 0.3) is 5.91 Å². The van der Waals surface area contributed by atoms with Gasteiger partial charge < -0.3 is 66.5 Å². The Hall–Kier alpha value is -5.31. The Labute approximate surface area is 280 Å². The molecule has 2 heterocycles. The molecule has 11 N–H and O–H groups in total. The van der Waals surface area contributed by atoms with E-state index in [1.54, 1.807) is 30.3 Å². The van der Waals surface area contributed by atoms with Crippen LogP contribution >= 0.6 is 0 Å². The van der Waals surface area contributed by atoms with Crippen molar-refractivity contribution >= 4 is 28.8 Å². The molecule has 0 radical (unpaired) electrons. The minimum atomic E-state index is -3.63. The van der Waals surface area contributed by atoms with Crippen molar-refractivity contribution in [1.29, 1.82) is 0 Å². The van der Waals surface area contributed by atoms with E-state index in [2.05, 4.69) is 33.9 Å². The zero-order valence-corrected chi connectivity index (χ0v) is 26.3. The lowest BCUT2D eigenvalue weighted by Gasteiger charge is -2.36. The number of nitrogens with one attached hydrogen (secondary N) is 2. The summed E-state index contributed by atoms with van der Waals surface area (Å²) in [5.74, 6) is -5.09. The molecule has 1 fully saturated rings. The molecule has 3 aromatic rings. The number of aliphatic hydroxyl groups excluding tert-OH is 2. The Kier molecular flexibility index (Phi) is 11.7. The number of hydrogen-bond acceptors (Lipinski definition) is 16. The summed E-state index contributed by atoms with van der Waals surface area (Å²) in [5, 5.41) is 82.3. The number of aromatic hydroxyl groups is 1. The number of rotatable bonds is 13. The van der Waals surface area contributed by atoms with E-state index >= 15 is 0 Å². The highest BCUT2D eigenvalue weighted by Gasteiger charge is 2.48. The number of aromatic nitrogens is 2. The van der Waals surface area contributed by atoms with Crippen LogP contribution in [-0.4, -0.2) is 108 Å². The summed E-state index contributed by atoms with van der Waals surface area (Å²) in [7, 11) is 1.45. The van der Waals surface area contributed by atoms with Gasteiger partial charge in [-0.05, 0) is 24.4 Å². The van der Waals surface area contributed by atoms with Crippen LogP contribution in [0.2, 0.25) is 0 Å². The smallest absolute Gasteiger partial charge is 0.268 e. The topological polar surface area (TPSA) is 264 Å². The second-order valence-electron chi connectivity index (χ2n) is 10.3. The van der Waals surface area contributed by atoms with Crippen molar-refractivity contribution in [2.45, 2.75) is 18.7 Å². The fourth-order valence-electron chi connectivity index (χ4n) is 4.99. The first kappa shape index (κ1) is 36.5. The molecule has 0 aliphatic carbocycles. The second-order valence-corrected chi connectivity index (χ2v) is 10.3. The Balaban J connectivity index is 1.81. The average molecular weight is 683 g/mol. The molecule has 0 spiro atoms. The summed E-state index contributed by atoms with van der Waals surface area (Å²) in [4.78, 5) is 18.4. The van der Waals surface area contributed by atoms with E-state index in [0.29, 0.717) is 49.1 Å². The number of amides is 1. The van der Waals surface area contributed by atoms with E-state index in [9.17, 15) is 40.5 Å². The first-order valence-electron chi connectivity index (χ1n) is 14.6. The SMILES string of the molecule is C=CC(=O)Nc1cc(NC(=C)/N=C(\C=C/N)n2nc(-c3ccccc3)c(C(O)(O)N(C(O)O)C(O)O)c2O)c(OC)cc1N1CCOCC1. The number of methoxy groups -OCH3 is 1. The lowest BCUT2D eigenvalue weighted by atomic mass is 10.0. The van der Waals surface area contributed by atoms with Crippen molar-refractivity contribution in [2.24, 2.45) is 10.7 Å². The Morgan fingerprint density at radius 3 is 2.35 bits per heavy atom. The zero-order chi connectivity index (χ0) is 35.9. The number of aliphatic hydroxyl groups is 6. The largest absolute Gasteiger partial charge is 0.494 e. The maximum absolute atomic E-state index is 12.3. The highest BCUT2D eigenvalue weighted by Crippen LogP contribution is 2.41. The summed E-state index contributed by atoms with van der Waals surface area (Å²) in [6, 6.07) is 11.1. The van der Waals surface area contributed by atoms with Crippen LogP contribution in [0.3, 0.4) is 0 Å². The van der Waals surface area contributed by atoms with Crippen molar-refractivity contribution in [3.8, 4) is 22.9 Å². The van der Waals surface area contributed by atoms with Gasteiger partial charge in [-0.3, -0.25) is 4.79 Å². The molecule has 0 bridgehead atoms. The second kappa shape index (κ2) is 15.7. The zero-order valence-electron chi connectivity index (χ0n) is 26.3. The third-order valence-corrected chi connectivity index (χ3v) is 7.20. The van der Waals surface area contributed by atoms with Gasteiger partial charge in [-0.1, -0.05) is 43.5 Å². The van der Waals surface area contributed by atoms with Crippen LogP contribution in [0, 0.1) is 0 Å². The number of carbonyl (C=O) groups excluding carboxylic acids is 1. The average Bonchev–Trinajstić information content (AvgIpc) is 3.42. The van der Waals surface area contributed by atoms with Crippen LogP contribution in [0.1, 0.15) is 5.56 Å². The number of allylic oxidation sites excluding steroid dienone is 1. The molecule has 262 valence electrons. The van der Waals surface area contributed by atoms with Gasteiger partial charge in [0.2, 0.25) is 24.6 Å². The number of benzene rings is 2. The van der Waals surface area contributed by atoms with Crippen LogP contribution in [0.15, 0.2) is 84.8 Å². The van der Waals surface area contributed by atoms with E-state index in [1.807, 2.05) is 4.90 Å². The number of aliphatic imine (C=N–C) groups is 1. The monoisotopic (exact) mass is 682 g/mol. The van der Waals surface area contributed by atoms with Crippen LogP contribution in [0.25, 0.3) is 11.3 Å². The lowest BCUT2D eigenvalue weighted by molar-refractivity contribution is -0.406. The molecule has 0 saturated carbocycles. The van der Waals surface area contributed by atoms with Crippen LogP contribution in [-0.2, 0) is 15.4 Å². The quantitative estimate of drug-likeness (QED) is 0.0470. The molecule has 2 aromatic carbocycles. The number of nitrogens with zero attached hydrogens (tertiary/aromatic N) is 5. The fraction of sp³-hybridized carbons (Fsp3) is 0.258.